The van der Waals surface area contributed by atoms with Crippen LogP contribution in [-0.2, 0) is 16.6 Å². The minimum absolute atomic E-state index is 0.156. The number of hydrogen-bond donors (Lipinski definition) is 0. The fraction of sp³-hybridized carbons (Fsp3) is 0.650. The summed E-state index contributed by atoms with van der Waals surface area (Å²) in [5.41, 5.74) is 3.97. The van der Waals surface area contributed by atoms with Crippen molar-refractivity contribution in [3.05, 3.63) is 23.3 Å². The van der Waals surface area contributed by atoms with Gasteiger partial charge in [-0.25, -0.2) is 0 Å². The number of amides is 1. The van der Waals surface area contributed by atoms with E-state index in [-0.39, 0.29) is 11.3 Å². The zero-order chi connectivity index (χ0) is 16.7. The summed E-state index contributed by atoms with van der Waals surface area (Å²) in [6, 6.07) is 6.02. The number of quaternary nitrogens is 1. The van der Waals surface area contributed by atoms with Gasteiger partial charge >= 0.3 is 0 Å². The van der Waals surface area contributed by atoms with Crippen LogP contribution in [0.5, 0.6) is 5.75 Å². The van der Waals surface area contributed by atoms with E-state index in [1.54, 1.807) is 6.92 Å². The van der Waals surface area contributed by atoms with Crippen molar-refractivity contribution >= 4 is 11.6 Å². The van der Waals surface area contributed by atoms with Crippen molar-refractivity contribution < 1.29 is 14.0 Å². The fourth-order valence-corrected chi connectivity index (χ4v) is 5.92. The van der Waals surface area contributed by atoms with Crippen LogP contribution in [-0.4, -0.2) is 49.7 Å². The number of nitrogens with zero attached hydrogens (tertiary/aromatic N) is 2. The molecule has 2 atom stereocenters. The molecule has 2 fully saturated rings. The summed E-state index contributed by atoms with van der Waals surface area (Å²) in [6.07, 6.45) is 6.09. The molecular formula is C20H27N2O2+. The number of rotatable bonds is 0. The largest absolute Gasteiger partial charge is 0.492 e. The Bertz CT molecular complexity index is 723. The number of piperidine rings is 1. The van der Waals surface area contributed by atoms with Gasteiger partial charge in [0.05, 0.1) is 32.8 Å². The van der Waals surface area contributed by atoms with E-state index in [1.807, 2.05) is 4.90 Å². The Hall–Kier alpha value is -1.55. The lowest BCUT2D eigenvalue weighted by Crippen LogP contribution is -2.58. The lowest BCUT2D eigenvalue weighted by Gasteiger charge is -2.48. The highest BCUT2D eigenvalue weighted by Crippen LogP contribution is 2.55. The molecule has 0 radical (unpaired) electrons. The van der Waals surface area contributed by atoms with Gasteiger partial charge in [0.15, 0.2) is 0 Å². The maximum absolute atomic E-state index is 12.0. The summed E-state index contributed by atoms with van der Waals surface area (Å²) in [6.45, 7) is 3.32. The molecule has 1 amide bonds. The predicted molar refractivity (Wildman–Crippen MR) is 93.5 cm³/mol. The lowest BCUT2D eigenvalue weighted by molar-refractivity contribution is -0.932. The van der Waals surface area contributed by atoms with Gasteiger partial charge < -0.3 is 14.1 Å². The van der Waals surface area contributed by atoms with Crippen LogP contribution in [0.2, 0.25) is 0 Å². The first-order valence-corrected chi connectivity index (χ1v) is 9.32. The summed E-state index contributed by atoms with van der Waals surface area (Å²) >= 11 is 0. The highest BCUT2D eigenvalue weighted by molar-refractivity contribution is 5.94. The first-order chi connectivity index (χ1) is 11.4. The Balaban J connectivity index is 1.58. The highest BCUT2D eigenvalue weighted by atomic mass is 16.5. The third-order valence-corrected chi connectivity index (χ3v) is 7.50. The third-order valence-electron chi connectivity index (χ3n) is 7.50. The van der Waals surface area contributed by atoms with E-state index in [0.717, 1.165) is 43.1 Å². The Morgan fingerprint density at radius 2 is 1.96 bits per heavy atom. The number of benzene rings is 1. The maximum Gasteiger partial charge on any atom is 0.223 e. The first-order valence-electron chi connectivity index (χ1n) is 9.32. The molecule has 1 spiro atoms. The Labute approximate surface area is 144 Å². The number of hydrogen-bond acceptors (Lipinski definition) is 2. The van der Waals surface area contributed by atoms with E-state index in [2.05, 4.69) is 26.2 Å². The average molecular weight is 327 g/mol. The molecule has 2 unspecified atom stereocenters. The minimum Gasteiger partial charge on any atom is -0.492 e. The molecule has 24 heavy (non-hydrogen) atoms. The average Bonchev–Trinajstić information content (AvgIpc) is 3.10. The van der Waals surface area contributed by atoms with Crippen LogP contribution in [0.15, 0.2) is 12.1 Å². The monoisotopic (exact) mass is 327 g/mol. The van der Waals surface area contributed by atoms with Gasteiger partial charge in [0.2, 0.25) is 5.91 Å². The molecule has 0 saturated carbocycles. The molecule has 1 aromatic rings. The summed E-state index contributed by atoms with van der Waals surface area (Å²) < 4.78 is 7.38. The van der Waals surface area contributed by atoms with Gasteiger partial charge in [-0.1, -0.05) is 0 Å². The SMILES string of the molecule is CC(=O)N1CCc2cc3c(cc21)C1(CO3)CC2CCC(C1)[N+]2(C)C. The smallest absolute Gasteiger partial charge is 0.223 e. The van der Waals surface area contributed by atoms with Crippen LogP contribution in [0, 0.1) is 0 Å². The number of fused-ring (bicyclic) bond motifs is 5. The molecule has 4 aliphatic rings. The molecular weight excluding hydrogens is 300 g/mol. The number of ether oxygens (including phenoxy) is 1. The number of carbonyl (C=O) groups is 1. The molecule has 0 aliphatic carbocycles. The van der Waals surface area contributed by atoms with Crippen LogP contribution in [0.3, 0.4) is 0 Å². The van der Waals surface area contributed by atoms with Crippen LogP contribution in [0.1, 0.15) is 43.7 Å². The first kappa shape index (κ1) is 14.8. The predicted octanol–water partition coefficient (Wildman–Crippen LogP) is 2.63. The second-order valence-corrected chi connectivity index (χ2v) is 8.89. The molecule has 2 bridgehead atoms. The summed E-state index contributed by atoms with van der Waals surface area (Å²) in [5, 5.41) is 0. The lowest BCUT2D eigenvalue weighted by atomic mass is 9.70. The van der Waals surface area contributed by atoms with E-state index >= 15 is 0 Å². The Morgan fingerprint density at radius 1 is 1.25 bits per heavy atom. The van der Waals surface area contributed by atoms with Crippen molar-refractivity contribution in [3.63, 3.8) is 0 Å². The normalized spacial score (nSPS) is 35.0. The third kappa shape index (κ3) is 1.75. The second-order valence-electron chi connectivity index (χ2n) is 8.89. The van der Waals surface area contributed by atoms with E-state index in [4.69, 9.17) is 4.74 Å². The molecule has 4 aliphatic heterocycles. The van der Waals surface area contributed by atoms with Crippen molar-refractivity contribution in [2.45, 2.75) is 56.5 Å². The number of anilines is 1. The topological polar surface area (TPSA) is 29.5 Å². The van der Waals surface area contributed by atoms with Crippen molar-refractivity contribution in [3.8, 4) is 5.75 Å². The molecule has 128 valence electrons. The van der Waals surface area contributed by atoms with E-state index in [1.165, 1.54) is 41.3 Å². The van der Waals surface area contributed by atoms with Crippen molar-refractivity contribution in [1.82, 2.24) is 0 Å². The maximum atomic E-state index is 12.0. The fourth-order valence-electron chi connectivity index (χ4n) is 5.92. The van der Waals surface area contributed by atoms with Crippen molar-refractivity contribution in [1.29, 1.82) is 0 Å². The van der Waals surface area contributed by atoms with Crippen LogP contribution in [0.25, 0.3) is 0 Å². The molecule has 4 heteroatoms. The summed E-state index contributed by atoms with van der Waals surface area (Å²) in [5.74, 6) is 1.24. The zero-order valence-corrected chi connectivity index (χ0v) is 15.0. The molecule has 2 saturated heterocycles. The van der Waals surface area contributed by atoms with Gasteiger partial charge in [-0.15, -0.1) is 0 Å². The summed E-state index contributed by atoms with van der Waals surface area (Å²) in [4.78, 5) is 13.9. The minimum atomic E-state index is 0.156. The molecule has 4 heterocycles. The molecule has 1 aromatic carbocycles. The second kappa shape index (κ2) is 4.54. The molecule has 0 N–H and O–H groups in total. The Morgan fingerprint density at radius 3 is 2.62 bits per heavy atom. The van der Waals surface area contributed by atoms with E-state index < -0.39 is 0 Å². The zero-order valence-electron chi connectivity index (χ0n) is 15.0. The quantitative estimate of drug-likeness (QED) is 0.686. The van der Waals surface area contributed by atoms with Gasteiger partial charge in [-0.3, -0.25) is 4.79 Å². The van der Waals surface area contributed by atoms with Crippen LogP contribution < -0.4 is 9.64 Å². The van der Waals surface area contributed by atoms with Gasteiger partial charge in [0.25, 0.3) is 0 Å². The van der Waals surface area contributed by atoms with Crippen molar-refractivity contribution in [2.24, 2.45) is 0 Å². The van der Waals surface area contributed by atoms with E-state index in [9.17, 15) is 4.79 Å². The highest BCUT2D eigenvalue weighted by Gasteiger charge is 2.58. The van der Waals surface area contributed by atoms with Gasteiger partial charge in [-0.2, -0.15) is 0 Å². The molecule has 5 rings (SSSR count). The van der Waals surface area contributed by atoms with E-state index in [0.29, 0.717) is 0 Å². The molecule has 0 aromatic heterocycles. The van der Waals surface area contributed by atoms with Gasteiger partial charge in [-0.05, 0) is 24.1 Å². The van der Waals surface area contributed by atoms with Crippen LogP contribution in [0.4, 0.5) is 5.69 Å². The van der Waals surface area contributed by atoms with Crippen molar-refractivity contribution in [2.75, 3.05) is 32.1 Å². The standard InChI is InChI=1S/C20H27N2O2/c1-13(23)21-7-6-14-8-19-17(9-18(14)21)20(12-24-19)10-15-4-5-16(11-20)22(15,2)3/h8-9,15-16H,4-7,10-12H2,1-3H3/q+1. The summed E-state index contributed by atoms with van der Waals surface area (Å²) in [7, 11) is 4.82. The van der Waals surface area contributed by atoms with Gasteiger partial charge in [0, 0.05) is 55.8 Å². The Kier molecular flexibility index (Phi) is 2.79. The number of carbonyl (C=O) groups excluding carboxylic acids is 1. The van der Waals surface area contributed by atoms with Crippen LogP contribution >= 0.6 is 0 Å². The van der Waals surface area contributed by atoms with Gasteiger partial charge in [0.1, 0.15) is 5.75 Å². The molecule has 4 nitrogen and oxygen atoms in total.